The van der Waals surface area contributed by atoms with Crippen molar-refractivity contribution in [1.82, 2.24) is 25.3 Å². The summed E-state index contributed by atoms with van der Waals surface area (Å²) in [7, 11) is 0. The van der Waals surface area contributed by atoms with Crippen molar-refractivity contribution in [3.05, 3.63) is 35.4 Å². The van der Waals surface area contributed by atoms with E-state index in [1.165, 1.54) is 0 Å². The summed E-state index contributed by atoms with van der Waals surface area (Å²) in [5.74, 6) is 0.689. The summed E-state index contributed by atoms with van der Waals surface area (Å²) < 4.78 is 0. The van der Waals surface area contributed by atoms with Crippen LogP contribution in [0.4, 0.5) is 0 Å². The molecule has 170 valence electrons. The maximum Gasteiger partial charge on any atom is 0.254 e. The Bertz CT molecular complexity index is 806. The van der Waals surface area contributed by atoms with Crippen LogP contribution in [-0.4, -0.2) is 90.7 Å². The Labute approximate surface area is 200 Å². The zero-order valence-electron chi connectivity index (χ0n) is 18.1. The molecule has 0 atom stereocenters. The summed E-state index contributed by atoms with van der Waals surface area (Å²) in [6.07, 6.45) is 0. The Hall–Kier alpha value is -2.37. The minimum Gasteiger partial charge on any atom is -0.357 e. The normalized spacial score (nSPS) is 17.0. The molecule has 2 saturated heterocycles. The topological polar surface area (TPSA) is 97.3 Å². The quantitative estimate of drug-likeness (QED) is 0.329. The molecular formula is C21H31IN6O3. The second kappa shape index (κ2) is 11.9. The van der Waals surface area contributed by atoms with Crippen molar-refractivity contribution in [1.29, 1.82) is 0 Å². The van der Waals surface area contributed by atoms with Gasteiger partial charge in [0, 0.05) is 58.3 Å². The van der Waals surface area contributed by atoms with E-state index in [4.69, 9.17) is 4.99 Å². The molecule has 0 aromatic heterocycles. The van der Waals surface area contributed by atoms with Gasteiger partial charge in [-0.2, -0.15) is 0 Å². The van der Waals surface area contributed by atoms with Crippen LogP contribution in [0.15, 0.2) is 29.3 Å². The lowest BCUT2D eigenvalue weighted by atomic mass is 10.1. The Morgan fingerprint density at radius 2 is 1.68 bits per heavy atom. The molecule has 2 N–H and O–H groups in total. The molecule has 0 radical (unpaired) electrons. The number of hydrogen-bond acceptors (Lipinski definition) is 4. The summed E-state index contributed by atoms with van der Waals surface area (Å²) in [5.41, 5.74) is 1.57. The molecule has 1 aromatic carbocycles. The molecule has 9 nitrogen and oxygen atoms in total. The largest absolute Gasteiger partial charge is 0.357 e. The van der Waals surface area contributed by atoms with E-state index < -0.39 is 0 Å². The van der Waals surface area contributed by atoms with Crippen LogP contribution in [0, 0.1) is 0 Å². The first-order valence-corrected chi connectivity index (χ1v) is 10.4. The van der Waals surface area contributed by atoms with Gasteiger partial charge in [0.2, 0.25) is 11.8 Å². The summed E-state index contributed by atoms with van der Waals surface area (Å²) in [6.45, 7) is 8.92. The number of benzene rings is 1. The third-order valence-corrected chi connectivity index (χ3v) is 5.30. The van der Waals surface area contributed by atoms with Gasteiger partial charge in [-0.25, -0.2) is 4.99 Å². The fourth-order valence-electron chi connectivity index (χ4n) is 3.57. The molecule has 3 amide bonds. The van der Waals surface area contributed by atoms with Crippen molar-refractivity contribution in [3.8, 4) is 0 Å². The molecule has 0 bridgehead atoms. The molecule has 3 rings (SSSR count). The van der Waals surface area contributed by atoms with Crippen LogP contribution >= 0.6 is 24.0 Å². The number of hydrogen-bond donors (Lipinski definition) is 2. The van der Waals surface area contributed by atoms with Gasteiger partial charge >= 0.3 is 0 Å². The van der Waals surface area contributed by atoms with Crippen LogP contribution in [0.3, 0.4) is 0 Å². The number of nitrogens with one attached hydrogen (secondary N) is 2. The number of nitrogens with zero attached hydrogens (tertiary/aromatic N) is 4. The SMILES string of the molecule is CCNC(=NCc1ccc(C(=O)N2CCNC(=O)C2)cc1)N1CCN(C(C)=O)CC1.I. The van der Waals surface area contributed by atoms with Crippen molar-refractivity contribution >= 4 is 47.7 Å². The number of carbonyl (C=O) groups is 3. The van der Waals surface area contributed by atoms with Gasteiger partial charge in [0.05, 0.1) is 13.1 Å². The number of halogens is 1. The molecule has 2 aliphatic heterocycles. The summed E-state index contributed by atoms with van der Waals surface area (Å²) >= 11 is 0. The van der Waals surface area contributed by atoms with E-state index in [1.807, 2.05) is 24.0 Å². The molecule has 2 fully saturated rings. The van der Waals surface area contributed by atoms with Crippen LogP contribution in [0.2, 0.25) is 0 Å². The number of piperazine rings is 2. The highest BCUT2D eigenvalue weighted by Crippen LogP contribution is 2.11. The van der Waals surface area contributed by atoms with Gasteiger partial charge in [0.1, 0.15) is 0 Å². The van der Waals surface area contributed by atoms with E-state index >= 15 is 0 Å². The van der Waals surface area contributed by atoms with Gasteiger partial charge in [-0.05, 0) is 24.6 Å². The number of rotatable bonds is 4. The first-order chi connectivity index (χ1) is 14.5. The second-order valence-electron chi connectivity index (χ2n) is 7.44. The van der Waals surface area contributed by atoms with Crippen molar-refractivity contribution < 1.29 is 14.4 Å². The monoisotopic (exact) mass is 542 g/mol. The molecule has 2 aliphatic rings. The van der Waals surface area contributed by atoms with Gasteiger partial charge in [0.15, 0.2) is 5.96 Å². The van der Waals surface area contributed by atoms with Gasteiger partial charge in [-0.3, -0.25) is 14.4 Å². The highest BCUT2D eigenvalue weighted by atomic mass is 127. The lowest BCUT2D eigenvalue weighted by Gasteiger charge is -2.36. The van der Waals surface area contributed by atoms with Crippen molar-refractivity contribution in [2.45, 2.75) is 20.4 Å². The van der Waals surface area contributed by atoms with Crippen molar-refractivity contribution in [2.75, 3.05) is 52.4 Å². The van der Waals surface area contributed by atoms with Crippen LogP contribution in [0.5, 0.6) is 0 Å². The third-order valence-electron chi connectivity index (χ3n) is 5.30. The van der Waals surface area contributed by atoms with Crippen LogP contribution in [-0.2, 0) is 16.1 Å². The van der Waals surface area contributed by atoms with E-state index in [0.29, 0.717) is 38.3 Å². The molecule has 0 spiro atoms. The third kappa shape index (κ3) is 6.81. The molecule has 0 unspecified atom stereocenters. The van der Waals surface area contributed by atoms with Crippen molar-refractivity contribution in [2.24, 2.45) is 4.99 Å². The van der Waals surface area contributed by atoms with E-state index in [2.05, 4.69) is 15.5 Å². The molecule has 10 heteroatoms. The summed E-state index contributed by atoms with van der Waals surface area (Å²) in [5, 5.41) is 6.04. The predicted octanol–water partition coefficient (Wildman–Crippen LogP) is 0.506. The standard InChI is InChI=1S/C21H30N6O3.HI/c1-3-22-21(26-12-10-25(11-13-26)16(2)28)24-14-17-4-6-18(7-5-17)20(30)27-9-8-23-19(29)15-27;/h4-7H,3,8-15H2,1-2H3,(H,22,24)(H,23,29);1H. The Kier molecular flexibility index (Phi) is 9.53. The number of carbonyl (C=O) groups excluding carboxylic acids is 3. The lowest BCUT2D eigenvalue weighted by Crippen LogP contribution is -2.53. The number of amides is 3. The summed E-state index contributed by atoms with van der Waals surface area (Å²) in [4.78, 5) is 45.9. The summed E-state index contributed by atoms with van der Waals surface area (Å²) in [6, 6.07) is 7.38. The van der Waals surface area contributed by atoms with Gasteiger partial charge in [-0.15, -0.1) is 24.0 Å². The molecule has 0 aliphatic carbocycles. The Morgan fingerprint density at radius 3 is 2.26 bits per heavy atom. The minimum atomic E-state index is -0.128. The highest BCUT2D eigenvalue weighted by Gasteiger charge is 2.22. The zero-order chi connectivity index (χ0) is 21.5. The van der Waals surface area contributed by atoms with E-state index in [-0.39, 0.29) is 48.2 Å². The first-order valence-electron chi connectivity index (χ1n) is 10.4. The minimum absolute atomic E-state index is 0. The molecular weight excluding hydrogens is 511 g/mol. The van der Waals surface area contributed by atoms with Crippen molar-refractivity contribution in [3.63, 3.8) is 0 Å². The van der Waals surface area contributed by atoms with E-state index in [1.54, 1.807) is 24.0 Å². The second-order valence-corrected chi connectivity index (χ2v) is 7.44. The fraction of sp³-hybridized carbons (Fsp3) is 0.524. The average molecular weight is 542 g/mol. The first kappa shape index (κ1) is 24.9. The maximum atomic E-state index is 12.6. The average Bonchev–Trinajstić information content (AvgIpc) is 2.76. The fourth-order valence-corrected chi connectivity index (χ4v) is 3.57. The molecule has 1 aromatic rings. The van der Waals surface area contributed by atoms with Crippen LogP contribution in [0.25, 0.3) is 0 Å². The Morgan fingerprint density at radius 1 is 1.03 bits per heavy atom. The predicted molar refractivity (Wildman–Crippen MR) is 129 cm³/mol. The number of aliphatic imine (C=N–C) groups is 1. The maximum absolute atomic E-state index is 12.6. The highest BCUT2D eigenvalue weighted by molar-refractivity contribution is 14.0. The van der Waals surface area contributed by atoms with E-state index in [0.717, 1.165) is 31.2 Å². The smallest absolute Gasteiger partial charge is 0.254 e. The van der Waals surface area contributed by atoms with Crippen LogP contribution < -0.4 is 10.6 Å². The van der Waals surface area contributed by atoms with E-state index in [9.17, 15) is 14.4 Å². The zero-order valence-corrected chi connectivity index (χ0v) is 20.4. The van der Waals surface area contributed by atoms with Gasteiger partial charge in [-0.1, -0.05) is 12.1 Å². The molecule has 2 heterocycles. The lowest BCUT2D eigenvalue weighted by molar-refractivity contribution is -0.130. The molecule has 0 saturated carbocycles. The number of guanidine groups is 1. The van der Waals surface area contributed by atoms with Gasteiger partial charge < -0.3 is 25.3 Å². The van der Waals surface area contributed by atoms with Crippen LogP contribution in [0.1, 0.15) is 29.8 Å². The molecule has 31 heavy (non-hydrogen) atoms. The Balaban J connectivity index is 0.00000341. The van der Waals surface area contributed by atoms with Gasteiger partial charge in [0.25, 0.3) is 5.91 Å².